The summed E-state index contributed by atoms with van der Waals surface area (Å²) in [6, 6.07) is 26.6. The van der Waals surface area contributed by atoms with Crippen molar-refractivity contribution in [3.63, 3.8) is 0 Å². The van der Waals surface area contributed by atoms with Gasteiger partial charge in [-0.1, -0.05) is 66.2 Å². The van der Waals surface area contributed by atoms with Crippen molar-refractivity contribution in [2.24, 2.45) is 0 Å². The van der Waals surface area contributed by atoms with Crippen molar-refractivity contribution in [2.75, 3.05) is 25.0 Å². The first-order valence-electron chi connectivity index (χ1n) is 13.7. The van der Waals surface area contributed by atoms with E-state index >= 15 is 0 Å². The molecule has 0 radical (unpaired) electrons. The zero-order valence-corrected chi connectivity index (χ0v) is 25.1. The summed E-state index contributed by atoms with van der Waals surface area (Å²) < 4.78 is 49.1. The lowest BCUT2D eigenvalue weighted by molar-refractivity contribution is -0.139. The maximum atomic E-state index is 14.9. The Labute approximate surface area is 251 Å². The fraction of sp³-hybridized carbons (Fsp3) is 0.212. The monoisotopic (exact) mass is 603 g/mol. The molecule has 224 valence electrons. The molecule has 0 aliphatic carbocycles. The minimum Gasteiger partial charge on any atom is -0.497 e. The summed E-state index contributed by atoms with van der Waals surface area (Å²) in [6.45, 7) is 0.949. The number of aryl methyl sites for hydroxylation is 1. The van der Waals surface area contributed by atoms with Crippen LogP contribution < -0.4 is 14.4 Å². The van der Waals surface area contributed by atoms with Crippen LogP contribution >= 0.6 is 0 Å². The molecule has 0 saturated heterocycles. The Hall–Kier alpha value is -4.70. The van der Waals surface area contributed by atoms with Crippen molar-refractivity contribution in [3.05, 3.63) is 126 Å². The summed E-state index contributed by atoms with van der Waals surface area (Å²) in [5, 5.41) is 2.61. The molecule has 4 rings (SSSR count). The summed E-state index contributed by atoms with van der Waals surface area (Å²) in [4.78, 5) is 28.7. The topological polar surface area (TPSA) is 96.0 Å². The molecule has 2 amide bonds. The van der Waals surface area contributed by atoms with Crippen LogP contribution in [0, 0.1) is 12.7 Å². The highest BCUT2D eigenvalue weighted by atomic mass is 32.2. The van der Waals surface area contributed by atoms with Gasteiger partial charge in [-0.2, -0.15) is 0 Å². The third-order valence-corrected chi connectivity index (χ3v) is 8.85. The lowest BCUT2D eigenvalue weighted by Crippen LogP contribution is -2.53. The number of sulfonamides is 1. The Kier molecular flexibility index (Phi) is 10.2. The van der Waals surface area contributed by atoms with Crippen molar-refractivity contribution in [1.82, 2.24) is 10.2 Å². The maximum absolute atomic E-state index is 14.9. The van der Waals surface area contributed by atoms with E-state index in [-0.39, 0.29) is 29.1 Å². The second-order valence-electron chi connectivity index (χ2n) is 9.96. The summed E-state index contributed by atoms with van der Waals surface area (Å²) in [5.74, 6) is -1.19. The molecule has 1 atom stereocenters. The van der Waals surface area contributed by atoms with Crippen LogP contribution in [0.2, 0.25) is 0 Å². The van der Waals surface area contributed by atoms with Crippen molar-refractivity contribution in [3.8, 4) is 5.75 Å². The fourth-order valence-electron chi connectivity index (χ4n) is 4.65. The van der Waals surface area contributed by atoms with Crippen LogP contribution in [0.3, 0.4) is 0 Å². The first-order valence-corrected chi connectivity index (χ1v) is 15.1. The number of halogens is 1. The summed E-state index contributed by atoms with van der Waals surface area (Å²) in [7, 11) is -1.29. The maximum Gasteiger partial charge on any atom is 0.264 e. The van der Waals surface area contributed by atoms with Crippen LogP contribution in [0.4, 0.5) is 10.1 Å². The van der Waals surface area contributed by atoms with Gasteiger partial charge in [0.15, 0.2) is 0 Å². The summed E-state index contributed by atoms with van der Waals surface area (Å²) >= 11 is 0. The number of carbonyl (C=O) groups excluding carboxylic acids is 2. The van der Waals surface area contributed by atoms with Crippen LogP contribution in [0.15, 0.2) is 108 Å². The standard InChI is InChI=1S/C33H34FN3O5S/c1-24-13-19-29(20-14-24)43(40,41)37(27-15-17-28(42-3)18-16-27)23-32(38)36(22-26-11-7-8-12-30(26)34)31(33(39)35-2)21-25-9-5-4-6-10-25/h4-20,31H,21-23H2,1-3H3,(H,35,39). The lowest BCUT2D eigenvalue weighted by atomic mass is 10.0. The van der Waals surface area contributed by atoms with Crippen molar-refractivity contribution >= 4 is 27.5 Å². The van der Waals surface area contributed by atoms with Gasteiger partial charge in [0.05, 0.1) is 17.7 Å². The van der Waals surface area contributed by atoms with E-state index in [1.165, 1.54) is 49.4 Å². The molecular formula is C33H34FN3O5S. The van der Waals surface area contributed by atoms with Crippen LogP contribution in [0.5, 0.6) is 5.75 Å². The molecule has 0 saturated carbocycles. The molecule has 0 heterocycles. The van der Waals surface area contributed by atoms with Gasteiger partial charge >= 0.3 is 0 Å². The number of amides is 2. The van der Waals surface area contributed by atoms with Gasteiger partial charge in [0.1, 0.15) is 24.2 Å². The van der Waals surface area contributed by atoms with Gasteiger partial charge in [0, 0.05) is 25.6 Å². The molecule has 10 heteroatoms. The first kappa shape index (κ1) is 31.2. The number of carbonyl (C=O) groups is 2. The molecule has 1 N–H and O–H groups in total. The molecule has 0 fully saturated rings. The summed E-state index contributed by atoms with van der Waals surface area (Å²) in [5.41, 5.74) is 2.06. The minimum atomic E-state index is -4.24. The number of ether oxygens (including phenoxy) is 1. The predicted octanol–water partition coefficient (Wildman–Crippen LogP) is 4.72. The van der Waals surface area contributed by atoms with E-state index in [2.05, 4.69) is 5.32 Å². The lowest BCUT2D eigenvalue weighted by Gasteiger charge is -2.33. The van der Waals surface area contributed by atoms with Gasteiger partial charge in [-0.05, 0) is 55.0 Å². The fourth-order valence-corrected chi connectivity index (χ4v) is 6.06. The van der Waals surface area contributed by atoms with Crippen LogP contribution in [-0.2, 0) is 32.6 Å². The van der Waals surface area contributed by atoms with Gasteiger partial charge in [-0.3, -0.25) is 13.9 Å². The molecule has 43 heavy (non-hydrogen) atoms. The summed E-state index contributed by atoms with van der Waals surface area (Å²) in [6.07, 6.45) is 0.133. The molecule has 0 aliphatic rings. The molecule has 0 spiro atoms. The number of likely N-dealkylation sites (N-methyl/N-ethyl adjacent to an activating group) is 1. The van der Waals surface area contributed by atoms with Crippen LogP contribution in [0.1, 0.15) is 16.7 Å². The smallest absolute Gasteiger partial charge is 0.264 e. The average Bonchev–Trinajstić information content (AvgIpc) is 3.02. The Bertz CT molecular complexity index is 1650. The van der Waals surface area contributed by atoms with E-state index in [4.69, 9.17) is 4.74 Å². The first-order chi connectivity index (χ1) is 20.6. The number of nitrogens with one attached hydrogen (secondary N) is 1. The van der Waals surface area contributed by atoms with E-state index < -0.39 is 40.2 Å². The molecule has 0 aliphatic heterocycles. The van der Waals surface area contributed by atoms with Gasteiger partial charge < -0.3 is 15.0 Å². The van der Waals surface area contributed by atoms with E-state index in [0.717, 1.165) is 15.4 Å². The largest absolute Gasteiger partial charge is 0.497 e. The third kappa shape index (κ3) is 7.58. The number of methoxy groups -OCH3 is 1. The van der Waals surface area contributed by atoms with E-state index in [9.17, 15) is 22.4 Å². The van der Waals surface area contributed by atoms with E-state index in [1.807, 2.05) is 37.3 Å². The Morgan fingerprint density at radius 1 is 0.884 bits per heavy atom. The number of anilines is 1. The van der Waals surface area contributed by atoms with E-state index in [1.54, 1.807) is 42.5 Å². The number of nitrogens with zero attached hydrogens (tertiary/aromatic N) is 2. The molecule has 4 aromatic carbocycles. The third-order valence-electron chi connectivity index (χ3n) is 7.06. The van der Waals surface area contributed by atoms with Crippen molar-refractivity contribution in [2.45, 2.75) is 30.8 Å². The zero-order valence-electron chi connectivity index (χ0n) is 24.2. The van der Waals surface area contributed by atoms with Gasteiger partial charge in [0.25, 0.3) is 10.0 Å². The minimum absolute atomic E-state index is 0.00508. The van der Waals surface area contributed by atoms with Crippen LogP contribution in [-0.4, -0.2) is 51.9 Å². The molecule has 0 bridgehead atoms. The van der Waals surface area contributed by atoms with Gasteiger partial charge in [0.2, 0.25) is 11.8 Å². The van der Waals surface area contributed by atoms with E-state index in [0.29, 0.717) is 5.75 Å². The zero-order chi connectivity index (χ0) is 31.0. The second-order valence-corrected chi connectivity index (χ2v) is 11.8. The normalized spacial score (nSPS) is 11.8. The molecule has 0 aromatic heterocycles. The average molecular weight is 604 g/mol. The highest BCUT2D eigenvalue weighted by Crippen LogP contribution is 2.27. The highest BCUT2D eigenvalue weighted by Gasteiger charge is 2.34. The number of hydrogen-bond acceptors (Lipinski definition) is 5. The number of rotatable bonds is 12. The molecular weight excluding hydrogens is 569 g/mol. The number of hydrogen-bond donors (Lipinski definition) is 1. The SMILES string of the molecule is CNC(=O)C(Cc1ccccc1)N(Cc1ccccc1F)C(=O)CN(c1ccc(OC)cc1)S(=O)(=O)c1ccc(C)cc1. The quantitative estimate of drug-likeness (QED) is 0.253. The Morgan fingerprint density at radius 2 is 1.51 bits per heavy atom. The van der Waals surface area contributed by atoms with Crippen LogP contribution in [0.25, 0.3) is 0 Å². The van der Waals surface area contributed by atoms with Gasteiger partial charge in [-0.25, -0.2) is 12.8 Å². The van der Waals surface area contributed by atoms with Crippen molar-refractivity contribution < 1.29 is 27.1 Å². The molecule has 8 nitrogen and oxygen atoms in total. The Morgan fingerprint density at radius 3 is 2.12 bits per heavy atom. The number of benzene rings is 4. The Balaban J connectivity index is 1.79. The van der Waals surface area contributed by atoms with Gasteiger partial charge in [-0.15, -0.1) is 0 Å². The second kappa shape index (κ2) is 14.0. The predicted molar refractivity (Wildman–Crippen MR) is 164 cm³/mol. The molecule has 1 unspecified atom stereocenters. The molecule has 4 aromatic rings. The highest BCUT2D eigenvalue weighted by molar-refractivity contribution is 7.92. The van der Waals surface area contributed by atoms with Crippen molar-refractivity contribution in [1.29, 1.82) is 0 Å².